The number of halogens is 1. The SMILES string of the molecule is CN(Cc1cc2c(=O)c(C(=O)NCc3ccc(Cl)cc3)cn(-c3ccccc3)c2o1)C[C@@H](O)c1ccco1. The molecule has 0 saturated heterocycles. The molecule has 5 aromatic rings. The largest absolute Gasteiger partial charge is 0.467 e. The minimum absolute atomic E-state index is 0.00395. The Labute approximate surface area is 223 Å². The molecule has 0 bridgehead atoms. The number of carbonyl (C=O) groups is 1. The van der Waals surface area contributed by atoms with E-state index in [9.17, 15) is 14.7 Å². The van der Waals surface area contributed by atoms with Gasteiger partial charge < -0.3 is 19.3 Å². The maximum absolute atomic E-state index is 13.4. The molecule has 0 spiro atoms. The van der Waals surface area contributed by atoms with Gasteiger partial charge in [0.05, 0.1) is 18.2 Å². The third kappa shape index (κ3) is 5.57. The molecule has 0 fully saturated rings. The lowest BCUT2D eigenvalue weighted by Crippen LogP contribution is -2.29. The van der Waals surface area contributed by atoms with E-state index in [4.69, 9.17) is 20.4 Å². The third-order valence-corrected chi connectivity index (χ3v) is 6.41. The molecule has 194 valence electrons. The highest BCUT2D eigenvalue weighted by Crippen LogP contribution is 2.23. The van der Waals surface area contributed by atoms with E-state index >= 15 is 0 Å². The Morgan fingerprint density at radius 2 is 1.87 bits per heavy atom. The highest BCUT2D eigenvalue weighted by molar-refractivity contribution is 6.30. The van der Waals surface area contributed by atoms with Gasteiger partial charge in [-0.25, -0.2) is 0 Å². The summed E-state index contributed by atoms with van der Waals surface area (Å²) in [5.74, 6) is 0.507. The summed E-state index contributed by atoms with van der Waals surface area (Å²) in [7, 11) is 1.83. The maximum Gasteiger partial charge on any atom is 0.257 e. The Balaban J connectivity index is 1.45. The van der Waals surface area contributed by atoms with E-state index in [-0.39, 0.29) is 12.1 Å². The summed E-state index contributed by atoms with van der Waals surface area (Å²) in [4.78, 5) is 28.4. The van der Waals surface area contributed by atoms with Gasteiger partial charge in [-0.1, -0.05) is 41.9 Å². The van der Waals surface area contributed by atoms with Gasteiger partial charge in [0.15, 0.2) is 0 Å². The van der Waals surface area contributed by atoms with Crippen LogP contribution in [0.3, 0.4) is 0 Å². The topological polar surface area (TPSA) is 101 Å². The summed E-state index contributed by atoms with van der Waals surface area (Å²) < 4.78 is 13.1. The van der Waals surface area contributed by atoms with Crippen molar-refractivity contribution in [2.45, 2.75) is 19.2 Å². The molecule has 0 unspecified atom stereocenters. The zero-order valence-corrected chi connectivity index (χ0v) is 21.4. The van der Waals surface area contributed by atoms with Gasteiger partial charge in [-0.15, -0.1) is 0 Å². The van der Waals surface area contributed by atoms with Crippen LogP contribution in [0.15, 0.2) is 98.9 Å². The van der Waals surface area contributed by atoms with E-state index in [1.165, 1.54) is 12.5 Å². The van der Waals surface area contributed by atoms with Crippen LogP contribution in [0.2, 0.25) is 5.02 Å². The average Bonchev–Trinajstić information content (AvgIpc) is 3.60. The molecule has 0 saturated carbocycles. The second-order valence-corrected chi connectivity index (χ2v) is 9.48. The van der Waals surface area contributed by atoms with E-state index < -0.39 is 17.4 Å². The van der Waals surface area contributed by atoms with Gasteiger partial charge in [0.1, 0.15) is 23.2 Å². The summed E-state index contributed by atoms with van der Waals surface area (Å²) in [6.07, 6.45) is 2.22. The number of hydrogen-bond donors (Lipinski definition) is 2. The Kier molecular flexibility index (Phi) is 7.46. The molecule has 1 amide bonds. The number of amides is 1. The van der Waals surface area contributed by atoms with E-state index in [0.29, 0.717) is 40.7 Å². The number of fused-ring (bicyclic) bond motifs is 1. The second-order valence-electron chi connectivity index (χ2n) is 9.05. The van der Waals surface area contributed by atoms with Crippen molar-refractivity contribution in [1.29, 1.82) is 0 Å². The van der Waals surface area contributed by atoms with Crippen LogP contribution in [-0.4, -0.2) is 34.1 Å². The molecule has 0 aliphatic heterocycles. The van der Waals surface area contributed by atoms with Crippen LogP contribution < -0.4 is 10.7 Å². The molecule has 0 radical (unpaired) electrons. The lowest BCUT2D eigenvalue weighted by atomic mass is 10.1. The number of benzene rings is 2. The van der Waals surface area contributed by atoms with E-state index in [2.05, 4.69) is 5.32 Å². The fraction of sp³-hybridized carbons (Fsp3) is 0.172. The smallest absolute Gasteiger partial charge is 0.257 e. The fourth-order valence-electron chi connectivity index (χ4n) is 4.26. The minimum atomic E-state index is -0.806. The number of aliphatic hydroxyl groups is 1. The highest BCUT2D eigenvalue weighted by atomic mass is 35.5. The van der Waals surface area contributed by atoms with Crippen molar-refractivity contribution in [3.63, 3.8) is 0 Å². The van der Waals surface area contributed by atoms with Crippen molar-refractivity contribution in [3.8, 4) is 5.69 Å². The molecule has 0 aliphatic carbocycles. The third-order valence-electron chi connectivity index (χ3n) is 6.16. The summed E-state index contributed by atoms with van der Waals surface area (Å²) in [5.41, 5.74) is 1.52. The molecule has 3 heterocycles. The molecular weight excluding hydrogens is 506 g/mol. The summed E-state index contributed by atoms with van der Waals surface area (Å²) in [6.45, 7) is 0.878. The van der Waals surface area contributed by atoms with Crippen molar-refractivity contribution in [2.24, 2.45) is 0 Å². The van der Waals surface area contributed by atoms with Crippen molar-refractivity contribution in [1.82, 2.24) is 14.8 Å². The van der Waals surface area contributed by atoms with E-state index in [1.54, 1.807) is 34.9 Å². The minimum Gasteiger partial charge on any atom is -0.467 e. The van der Waals surface area contributed by atoms with E-state index in [1.807, 2.05) is 54.4 Å². The molecule has 0 aliphatic rings. The Morgan fingerprint density at radius 1 is 1.11 bits per heavy atom. The fourth-order valence-corrected chi connectivity index (χ4v) is 4.39. The van der Waals surface area contributed by atoms with Gasteiger partial charge in [0.25, 0.3) is 5.91 Å². The van der Waals surface area contributed by atoms with E-state index in [0.717, 1.165) is 11.3 Å². The van der Waals surface area contributed by atoms with Crippen LogP contribution >= 0.6 is 11.6 Å². The van der Waals surface area contributed by atoms with Gasteiger partial charge in [-0.2, -0.15) is 0 Å². The van der Waals surface area contributed by atoms with Crippen LogP contribution in [-0.2, 0) is 13.1 Å². The highest BCUT2D eigenvalue weighted by Gasteiger charge is 2.21. The first kappa shape index (κ1) is 25.5. The first-order chi connectivity index (χ1) is 18.4. The number of hydrogen-bond acceptors (Lipinski definition) is 6. The lowest BCUT2D eigenvalue weighted by Gasteiger charge is -2.18. The van der Waals surface area contributed by atoms with Crippen molar-refractivity contribution < 1.29 is 18.7 Å². The first-order valence-corrected chi connectivity index (χ1v) is 12.4. The second kappa shape index (κ2) is 11.1. The lowest BCUT2D eigenvalue weighted by molar-refractivity contribution is 0.0949. The number of nitrogens with one attached hydrogen (secondary N) is 1. The number of para-hydroxylation sites is 1. The van der Waals surface area contributed by atoms with Crippen LogP contribution in [0.1, 0.15) is 33.5 Å². The van der Waals surface area contributed by atoms with Crippen molar-refractivity contribution in [3.05, 3.63) is 123 Å². The Bertz CT molecular complexity index is 1590. The summed E-state index contributed by atoms with van der Waals surface area (Å²) in [6, 6.07) is 21.6. The average molecular weight is 532 g/mol. The number of rotatable bonds is 9. The number of likely N-dealkylation sites (N-methyl/N-ethyl adjacent to an activating group) is 1. The quantitative estimate of drug-likeness (QED) is 0.280. The Hall–Kier alpha value is -4.11. The van der Waals surface area contributed by atoms with Gasteiger partial charge >= 0.3 is 0 Å². The van der Waals surface area contributed by atoms with Gasteiger partial charge in [-0.05, 0) is 55.1 Å². The van der Waals surface area contributed by atoms with Crippen LogP contribution in [0.5, 0.6) is 0 Å². The van der Waals surface area contributed by atoms with Gasteiger partial charge in [0, 0.05) is 30.0 Å². The molecular formula is C29H26ClN3O5. The maximum atomic E-state index is 13.4. The predicted octanol–water partition coefficient (Wildman–Crippen LogP) is 4.93. The van der Waals surface area contributed by atoms with Crippen LogP contribution in [0.4, 0.5) is 0 Å². The molecule has 8 nitrogen and oxygen atoms in total. The Morgan fingerprint density at radius 3 is 2.58 bits per heavy atom. The number of nitrogens with zero attached hydrogens (tertiary/aromatic N) is 2. The van der Waals surface area contributed by atoms with Gasteiger partial charge in [0.2, 0.25) is 11.1 Å². The molecule has 38 heavy (non-hydrogen) atoms. The number of pyridine rings is 1. The summed E-state index contributed by atoms with van der Waals surface area (Å²) >= 11 is 5.94. The number of carbonyl (C=O) groups excluding carboxylic acids is 1. The summed E-state index contributed by atoms with van der Waals surface area (Å²) in [5, 5.41) is 14.1. The monoisotopic (exact) mass is 531 g/mol. The van der Waals surface area contributed by atoms with Crippen molar-refractivity contribution >= 4 is 28.6 Å². The van der Waals surface area contributed by atoms with Crippen LogP contribution in [0, 0.1) is 0 Å². The normalized spacial score (nSPS) is 12.2. The predicted molar refractivity (Wildman–Crippen MR) is 144 cm³/mol. The molecule has 9 heteroatoms. The van der Waals surface area contributed by atoms with Gasteiger partial charge in [-0.3, -0.25) is 19.1 Å². The zero-order chi connectivity index (χ0) is 26.6. The first-order valence-electron chi connectivity index (χ1n) is 12.0. The molecule has 3 aromatic heterocycles. The zero-order valence-electron chi connectivity index (χ0n) is 20.6. The molecule has 5 rings (SSSR count). The van der Waals surface area contributed by atoms with Crippen LogP contribution in [0.25, 0.3) is 16.8 Å². The standard InChI is InChI=1S/C29H26ClN3O5/c1-32(18-25(34)26-8-5-13-37-26)16-22-14-23-27(35)24(28(36)31-15-19-9-11-20(30)12-10-19)17-33(29(23)38-22)21-6-3-2-4-7-21/h2-14,17,25,34H,15-16,18H2,1H3,(H,31,36)/t25-/m1/s1. The molecule has 2 aromatic carbocycles. The molecule has 1 atom stereocenters. The number of aliphatic hydroxyl groups excluding tert-OH is 1. The number of furan rings is 2. The molecule has 2 N–H and O–H groups in total. The number of aromatic nitrogens is 1. The van der Waals surface area contributed by atoms with Crippen molar-refractivity contribution in [2.75, 3.05) is 13.6 Å².